The number of nitrogens with one attached hydrogen (secondary N) is 1. The maximum atomic E-state index is 11.5. The number of aryl methyl sites for hydroxylation is 1. The van der Waals surface area contributed by atoms with Crippen LogP contribution in [0.25, 0.3) is 5.78 Å². The number of hydrogen-bond donors (Lipinski definition) is 1. The Morgan fingerprint density at radius 3 is 2.76 bits per heavy atom. The lowest BCUT2D eigenvalue weighted by Crippen LogP contribution is -2.11. The van der Waals surface area contributed by atoms with Crippen molar-refractivity contribution >= 4 is 29.1 Å². The molecular formula is C14H13ClN4OS. The minimum atomic E-state index is -0.152. The highest BCUT2D eigenvalue weighted by atomic mass is 35.5. The van der Waals surface area contributed by atoms with E-state index in [0.29, 0.717) is 5.78 Å². The molecule has 108 valence electrons. The molecule has 5 nitrogen and oxygen atoms in total. The average molecular weight is 321 g/mol. The van der Waals surface area contributed by atoms with Gasteiger partial charge in [0, 0.05) is 22.5 Å². The summed E-state index contributed by atoms with van der Waals surface area (Å²) < 4.78 is 1.89. The summed E-state index contributed by atoms with van der Waals surface area (Å²) in [6, 6.07) is 9.30. The van der Waals surface area contributed by atoms with E-state index in [2.05, 4.69) is 15.2 Å². The molecule has 2 heterocycles. The predicted octanol–water partition coefficient (Wildman–Crippen LogP) is 2.93. The number of aromatic nitrogens is 4. The molecule has 0 aliphatic carbocycles. The van der Waals surface area contributed by atoms with Crippen molar-refractivity contribution < 1.29 is 0 Å². The Bertz CT molecular complexity index is 825. The van der Waals surface area contributed by atoms with Gasteiger partial charge in [0.05, 0.1) is 0 Å². The Labute approximate surface area is 130 Å². The first-order valence-electron chi connectivity index (χ1n) is 6.52. The van der Waals surface area contributed by atoms with E-state index in [-0.39, 0.29) is 5.56 Å². The average Bonchev–Trinajstić information content (AvgIpc) is 2.88. The Balaban J connectivity index is 1.90. The Kier molecular flexibility index (Phi) is 3.98. The van der Waals surface area contributed by atoms with E-state index >= 15 is 0 Å². The first-order valence-corrected chi connectivity index (χ1v) is 7.88. The van der Waals surface area contributed by atoms with Crippen LogP contribution in [0, 0.1) is 0 Å². The number of rotatable bonds is 4. The summed E-state index contributed by atoms with van der Waals surface area (Å²) in [4.78, 5) is 14.2. The molecule has 0 atom stereocenters. The fraction of sp³-hybridized carbons (Fsp3) is 0.214. The molecule has 0 aliphatic heterocycles. The van der Waals surface area contributed by atoms with Gasteiger partial charge < -0.3 is 0 Å². The molecule has 1 N–H and O–H groups in total. The molecule has 0 saturated carbocycles. The van der Waals surface area contributed by atoms with E-state index in [1.165, 1.54) is 0 Å². The van der Waals surface area contributed by atoms with Crippen molar-refractivity contribution in [3.8, 4) is 0 Å². The molecule has 0 fully saturated rings. The molecule has 0 spiro atoms. The second kappa shape index (κ2) is 5.91. The number of thioether (sulfide) groups is 1. The van der Waals surface area contributed by atoms with Crippen LogP contribution in [-0.4, -0.2) is 19.6 Å². The Morgan fingerprint density at radius 1 is 1.29 bits per heavy atom. The van der Waals surface area contributed by atoms with Gasteiger partial charge in [-0.15, -0.1) is 10.2 Å². The number of halogens is 1. The zero-order valence-corrected chi connectivity index (χ0v) is 12.9. The van der Waals surface area contributed by atoms with Crippen LogP contribution < -0.4 is 5.56 Å². The molecule has 0 amide bonds. The molecule has 0 bridgehead atoms. The SMILES string of the molecule is CCc1cc(=O)[nH]c2nnc(SCc3ccc(Cl)cc3)n12. The third-order valence-electron chi connectivity index (χ3n) is 3.10. The molecule has 1 aromatic carbocycles. The van der Waals surface area contributed by atoms with Crippen LogP contribution in [-0.2, 0) is 12.2 Å². The van der Waals surface area contributed by atoms with Gasteiger partial charge in [0.2, 0.25) is 5.78 Å². The number of H-pyrrole nitrogens is 1. The zero-order valence-electron chi connectivity index (χ0n) is 11.3. The monoisotopic (exact) mass is 320 g/mol. The van der Waals surface area contributed by atoms with Gasteiger partial charge in [-0.25, -0.2) is 0 Å². The topological polar surface area (TPSA) is 63.0 Å². The van der Waals surface area contributed by atoms with Crippen LogP contribution in [0.5, 0.6) is 0 Å². The van der Waals surface area contributed by atoms with Gasteiger partial charge in [-0.3, -0.25) is 14.2 Å². The van der Waals surface area contributed by atoms with Crippen molar-refractivity contribution in [3.63, 3.8) is 0 Å². The van der Waals surface area contributed by atoms with Crippen molar-refractivity contribution in [1.82, 2.24) is 19.6 Å². The summed E-state index contributed by atoms with van der Waals surface area (Å²) in [5.74, 6) is 1.25. The van der Waals surface area contributed by atoms with E-state index in [0.717, 1.165) is 33.6 Å². The largest absolute Gasteiger partial charge is 0.291 e. The van der Waals surface area contributed by atoms with Crippen LogP contribution in [0.3, 0.4) is 0 Å². The minimum absolute atomic E-state index is 0.152. The van der Waals surface area contributed by atoms with Gasteiger partial charge in [-0.05, 0) is 24.1 Å². The highest BCUT2D eigenvalue weighted by Crippen LogP contribution is 2.23. The van der Waals surface area contributed by atoms with Crippen LogP contribution in [0.4, 0.5) is 0 Å². The Morgan fingerprint density at radius 2 is 2.05 bits per heavy atom. The molecule has 21 heavy (non-hydrogen) atoms. The van der Waals surface area contributed by atoms with E-state index in [1.807, 2.05) is 35.6 Å². The summed E-state index contributed by atoms with van der Waals surface area (Å²) >= 11 is 7.45. The number of nitrogens with zero attached hydrogens (tertiary/aromatic N) is 3. The third kappa shape index (κ3) is 2.96. The molecule has 3 aromatic rings. The molecule has 0 unspecified atom stereocenters. The molecular weight excluding hydrogens is 308 g/mol. The number of aromatic amines is 1. The van der Waals surface area contributed by atoms with Gasteiger partial charge >= 0.3 is 0 Å². The minimum Gasteiger partial charge on any atom is -0.291 e. The van der Waals surface area contributed by atoms with Crippen molar-refractivity contribution in [2.24, 2.45) is 0 Å². The number of fused-ring (bicyclic) bond motifs is 1. The number of benzene rings is 1. The van der Waals surface area contributed by atoms with Crippen molar-refractivity contribution in [1.29, 1.82) is 0 Å². The van der Waals surface area contributed by atoms with Gasteiger partial charge in [0.15, 0.2) is 5.16 Å². The summed E-state index contributed by atoms with van der Waals surface area (Å²) in [6.45, 7) is 2.00. The normalized spacial score (nSPS) is 11.1. The van der Waals surface area contributed by atoms with Gasteiger partial charge in [0.1, 0.15) is 0 Å². The van der Waals surface area contributed by atoms with Crippen LogP contribution in [0.1, 0.15) is 18.2 Å². The third-order valence-corrected chi connectivity index (χ3v) is 4.35. The number of hydrogen-bond acceptors (Lipinski definition) is 4. The first kappa shape index (κ1) is 14.2. The lowest BCUT2D eigenvalue weighted by Gasteiger charge is -2.05. The van der Waals surface area contributed by atoms with Crippen LogP contribution >= 0.6 is 23.4 Å². The first-order chi connectivity index (χ1) is 10.2. The fourth-order valence-electron chi connectivity index (χ4n) is 2.05. The van der Waals surface area contributed by atoms with E-state index < -0.39 is 0 Å². The van der Waals surface area contributed by atoms with Crippen LogP contribution in [0.15, 0.2) is 40.3 Å². The van der Waals surface area contributed by atoms with Gasteiger partial charge in [-0.1, -0.05) is 42.4 Å². The van der Waals surface area contributed by atoms with Crippen molar-refractivity contribution in [3.05, 3.63) is 57.0 Å². The molecule has 0 saturated heterocycles. The standard InChI is InChI=1S/C14H13ClN4OS/c1-2-11-7-12(20)16-13-17-18-14(19(11)13)21-8-9-3-5-10(15)6-4-9/h3-7H,2,8H2,1H3,(H,16,17,20). The fourth-order valence-corrected chi connectivity index (χ4v) is 3.10. The lowest BCUT2D eigenvalue weighted by atomic mass is 10.2. The summed E-state index contributed by atoms with van der Waals surface area (Å²) in [6.07, 6.45) is 0.743. The van der Waals surface area contributed by atoms with Gasteiger partial charge in [-0.2, -0.15) is 0 Å². The predicted molar refractivity (Wildman–Crippen MR) is 84.0 cm³/mol. The smallest absolute Gasteiger partial charge is 0.252 e. The molecule has 7 heteroatoms. The summed E-state index contributed by atoms with van der Waals surface area (Å²) in [5, 5.41) is 9.68. The maximum absolute atomic E-state index is 11.5. The van der Waals surface area contributed by atoms with E-state index in [9.17, 15) is 4.79 Å². The van der Waals surface area contributed by atoms with Gasteiger partial charge in [0.25, 0.3) is 5.56 Å². The molecule has 0 aliphatic rings. The highest BCUT2D eigenvalue weighted by molar-refractivity contribution is 7.98. The second-order valence-electron chi connectivity index (χ2n) is 4.54. The quantitative estimate of drug-likeness (QED) is 0.751. The summed E-state index contributed by atoms with van der Waals surface area (Å²) in [7, 11) is 0. The molecule has 2 aromatic heterocycles. The summed E-state index contributed by atoms with van der Waals surface area (Å²) in [5.41, 5.74) is 1.90. The second-order valence-corrected chi connectivity index (χ2v) is 5.91. The van der Waals surface area contributed by atoms with E-state index in [1.54, 1.807) is 17.8 Å². The molecule has 0 radical (unpaired) electrons. The maximum Gasteiger partial charge on any atom is 0.252 e. The van der Waals surface area contributed by atoms with Crippen LogP contribution in [0.2, 0.25) is 5.02 Å². The zero-order chi connectivity index (χ0) is 14.8. The van der Waals surface area contributed by atoms with Crippen molar-refractivity contribution in [2.45, 2.75) is 24.3 Å². The Hall–Kier alpha value is -1.79. The molecule has 3 rings (SSSR count). The van der Waals surface area contributed by atoms with E-state index in [4.69, 9.17) is 11.6 Å². The highest BCUT2D eigenvalue weighted by Gasteiger charge is 2.11. The lowest BCUT2D eigenvalue weighted by molar-refractivity contribution is 0.850. The van der Waals surface area contributed by atoms with Crippen molar-refractivity contribution in [2.75, 3.05) is 0 Å².